The third-order valence-electron chi connectivity index (χ3n) is 2.40. The Morgan fingerprint density at radius 1 is 1.41 bits per heavy atom. The number of hydrogen-bond acceptors (Lipinski definition) is 5. The van der Waals surface area contributed by atoms with Gasteiger partial charge in [0.25, 0.3) is 0 Å². The van der Waals surface area contributed by atoms with Crippen LogP contribution in [0, 0.1) is 13.8 Å². The van der Waals surface area contributed by atoms with E-state index >= 15 is 0 Å². The molecule has 0 aliphatic rings. The van der Waals surface area contributed by atoms with Gasteiger partial charge in [-0.05, 0) is 27.7 Å². The third-order valence-corrected chi connectivity index (χ3v) is 2.40. The van der Waals surface area contributed by atoms with Crippen LogP contribution in [0.3, 0.4) is 0 Å². The van der Waals surface area contributed by atoms with E-state index in [2.05, 4.69) is 14.7 Å². The predicted molar refractivity (Wildman–Crippen MR) is 66.0 cm³/mol. The van der Waals surface area contributed by atoms with Crippen LogP contribution in [-0.4, -0.2) is 35.6 Å². The Bertz CT molecular complexity index is 384. The van der Waals surface area contributed by atoms with Crippen LogP contribution in [0.5, 0.6) is 0 Å². The van der Waals surface area contributed by atoms with Crippen LogP contribution in [0.1, 0.15) is 25.4 Å². The van der Waals surface area contributed by atoms with Crippen molar-refractivity contribution in [2.75, 3.05) is 18.6 Å². The molecular weight excluding hydrogens is 218 g/mol. The fourth-order valence-electron chi connectivity index (χ4n) is 1.58. The number of methoxy groups -OCH3 is 1. The highest BCUT2D eigenvalue weighted by atomic mass is 16.5. The first-order valence-corrected chi connectivity index (χ1v) is 5.59. The van der Waals surface area contributed by atoms with E-state index in [9.17, 15) is 4.79 Å². The molecule has 1 rings (SSSR count). The van der Waals surface area contributed by atoms with Crippen LogP contribution >= 0.6 is 0 Å². The number of hydrogen-bond donors (Lipinski definition) is 0. The van der Waals surface area contributed by atoms with E-state index in [1.54, 1.807) is 0 Å². The quantitative estimate of drug-likeness (QED) is 0.742. The van der Waals surface area contributed by atoms with Crippen molar-refractivity contribution in [1.82, 2.24) is 9.97 Å². The molecule has 94 valence electrons. The molecule has 5 nitrogen and oxygen atoms in total. The molecule has 0 saturated heterocycles. The summed E-state index contributed by atoms with van der Waals surface area (Å²) in [4.78, 5) is 21.8. The highest BCUT2D eigenvalue weighted by Crippen LogP contribution is 2.15. The number of rotatable bonds is 4. The van der Waals surface area contributed by atoms with Crippen LogP contribution in [0.15, 0.2) is 6.07 Å². The number of nitrogens with zero attached hydrogens (tertiary/aromatic N) is 3. The molecule has 0 N–H and O–H groups in total. The van der Waals surface area contributed by atoms with Gasteiger partial charge in [-0.2, -0.15) is 0 Å². The van der Waals surface area contributed by atoms with Crippen LogP contribution in [0.2, 0.25) is 0 Å². The third kappa shape index (κ3) is 3.69. The Kier molecular flexibility index (Phi) is 4.43. The SMILES string of the molecule is COC(=O)CN(c1cc(C)nc(C)n1)C(C)C. The predicted octanol–water partition coefficient (Wildman–Crippen LogP) is 1.48. The minimum absolute atomic E-state index is 0.169. The van der Waals surface area contributed by atoms with E-state index in [4.69, 9.17) is 0 Å². The zero-order valence-corrected chi connectivity index (χ0v) is 11.0. The van der Waals surface area contributed by atoms with Gasteiger partial charge in [-0.1, -0.05) is 0 Å². The lowest BCUT2D eigenvalue weighted by molar-refractivity contribution is -0.139. The molecule has 0 amide bonds. The van der Waals surface area contributed by atoms with Gasteiger partial charge < -0.3 is 9.64 Å². The highest BCUT2D eigenvalue weighted by molar-refractivity contribution is 5.75. The van der Waals surface area contributed by atoms with Gasteiger partial charge in [0.2, 0.25) is 0 Å². The zero-order chi connectivity index (χ0) is 13.0. The van der Waals surface area contributed by atoms with E-state index in [0.29, 0.717) is 5.82 Å². The van der Waals surface area contributed by atoms with Crippen molar-refractivity contribution in [3.05, 3.63) is 17.6 Å². The lowest BCUT2D eigenvalue weighted by Gasteiger charge is -2.26. The van der Waals surface area contributed by atoms with Gasteiger partial charge >= 0.3 is 5.97 Å². The van der Waals surface area contributed by atoms with Crippen LogP contribution < -0.4 is 4.90 Å². The smallest absolute Gasteiger partial charge is 0.325 e. The number of carbonyl (C=O) groups excluding carboxylic acids is 1. The van der Waals surface area contributed by atoms with Crippen LogP contribution in [0.25, 0.3) is 0 Å². The number of ether oxygens (including phenoxy) is 1. The van der Waals surface area contributed by atoms with E-state index in [0.717, 1.165) is 11.5 Å². The molecule has 1 aromatic heterocycles. The van der Waals surface area contributed by atoms with E-state index in [1.165, 1.54) is 7.11 Å². The second kappa shape index (κ2) is 5.61. The Morgan fingerprint density at radius 2 is 2.06 bits per heavy atom. The van der Waals surface area contributed by atoms with Gasteiger partial charge in [0.1, 0.15) is 18.2 Å². The summed E-state index contributed by atoms with van der Waals surface area (Å²) in [6.07, 6.45) is 0. The van der Waals surface area contributed by atoms with Crippen molar-refractivity contribution < 1.29 is 9.53 Å². The second-order valence-electron chi connectivity index (χ2n) is 4.21. The number of esters is 1. The van der Waals surface area contributed by atoms with Crippen molar-refractivity contribution in [2.24, 2.45) is 0 Å². The number of carbonyl (C=O) groups is 1. The fraction of sp³-hybridized carbons (Fsp3) is 0.583. The number of aryl methyl sites for hydroxylation is 2. The maximum absolute atomic E-state index is 11.4. The molecule has 0 spiro atoms. The summed E-state index contributed by atoms with van der Waals surface area (Å²) in [5, 5.41) is 0. The van der Waals surface area contributed by atoms with Gasteiger partial charge in [0, 0.05) is 17.8 Å². The average molecular weight is 237 g/mol. The largest absolute Gasteiger partial charge is 0.468 e. The average Bonchev–Trinajstić information content (AvgIpc) is 2.23. The van der Waals surface area contributed by atoms with E-state index < -0.39 is 0 Å². The standard InChI is InChI=1S/C12H19N3O2/c1-8(2)15(7-12(16)17-5)11-6-9(3)13-10(4)14-11/h6,8H,7H2,1-5H3. The summed E-state index contributed by atoms with van der Waals surface area (Å²) in [5.74, 6) is 1.19. The van der Waals surface area contributed by atoms with Crippen molar-refractivity contribution in [1.29, 1.82) is 0 Å². The van der Waals surface area contributed by atoms with Crippen molar-refractivity contribution in [3.8, 4) is 0 Å². The maximum atomic E-state index is 11.4. The molecule has 1 aromatic rings. The molecule has 5 heteroatoms. The monoisotopic (exact) mass is 237 g/mol. The molecule has 0 unspecified atom stereocenters. The molecule has 1 heterocycles. The molecule has 0 aromatic carbocycles. The Labute approximate surface area is 102 Å². The van der Waals surface area contributed by atoms with Crippen molar-refractivity contribution in [3.63, 3.8) is 0 Å². The van der Waals surface area contributed by atoms with Gasteiger partial charge in [0.05, 0.1) is 7.11 Å². The minimum Gasteiger partial charge on any atom is -0.468 e. The van der Waals surface area contributed by atoms with Gasteiger partial charge in [-0.25, -0.2) is 9.97 Å². The van der Waals surface area contributed by atoms with E-state index in [1.807, 2.05) is 38.7 Å². The summed E-state index contributed by atoms with van der Waals surface area (Å²) in [7, 11) is 1.39. The normalized spacial score (nSPS) is 10.5. The Morgan fingerprint density at radius 3 is 2.53 bits per heavy atom. The summed E-state index contributed by atoms with van der Waals surface area (Å²) in [5.41, 5.74) is 0.892. The first-order valence-electron chi connectivity index (χ1n) is 5.59. The van der Waals surface area contributed by atoms with Crippen molar-refractivity contribution in [2.45, 2.75) is 33.7 Å². The first kappa shape index (κ1) is 13.4. The maximum Gasteiger partial charge on any atom is 0.325 e. The molecule has 0 fully saturated rings. The summed E-state index contributed by atoms with van der Waals surface area (Å²) in [6.45, 7) is 7.97. The van der Waals surface area contributed by atoms with Crippen LogP contribution in [-0.2, 0) is 9.53 Å². The number of aromatic nitrogens is 2. The Balaban J connectivity index is 3.01. The summed E-state index contributed by atoms with van der Waals surface area (Å²) >= 11 is 0. The molecule has 0 atom stereocenters. The lowest BCUT2D eigenvalue weighted by atomic mass is 10.3. The minimum atomic E-state index is -0.271. The Hall–Kier alpha value is -1.65. The summed E-state index contributed by atoms with van der Waals surface area (Å²) < 4.78 is 4.69. The molecule has 0 radical (unpaired) electrons. The molecule has 17 heavy (non-hydrogen) atoms. The molecule has 0 saturated carbocycles. The van der Waals surface area contributed by atoms with Gasteiger partial charge in [-0.3, -0.25) is 4.79 Å². The van der Waals surface area contributed by atoms with Gasteiger partial charge in [-0.15, -0.1) is 0 Å². The lowest BCUT2D eigenvalue weighted by Crippen LogP contribution is -2.37. The van der Waals surface area contributed by atoms with Gasteiger partial charge in [0.15, 0.2) is 0 Å². The topological polar surface area (TPSA) is 55.3 Å². The molecule has 0 aliphatic carbocycles. The van der Waals surface area contributed by atoms with E-state index in [-0.39, 0.29) is 18.6 Å². The second-order valence-corrected chi connectivity index (χ2v) is 4.21. The summed E-state index contributed by atoms with van der Waals surface area (Å²) in [6, 6.07) is 2.04. The molecule has 0 bridgehead atoms. The van der Waals surface area contributed by atoms with Crippen molar-refractivity contribution >= 4 is 11.8 Å². The molecule has 0 aliphatic heterocycles. The zero-order valence-electron chi connectivity index (χ0n) is 11.0. The fourth-order valence-corrected chi connectivity index (χ4v) is 1.58. The van der Waals surface area contributed by atoms with Crippen LogP contribution in [0.4, 0.5) is 5.82 Å². The highest BCUT2D eigenvalue weighted by Gasteiger charge is 2.17. The number of anilines is 1. The first-order chi connectivity index (χ1) is 7.93. The molecular formula is C12H19N3O2.